The third-order valence-electron chi connectivity index (χ3n) is 13.4. The predicted molar refractivity (Wildman–Crippen MR) is 361 cm³/mol. The fourth-order valence-corrected chi connectivity index (χ4v) is 8.53. The van der Waals surface area contributed by atoms with Gasteiger partial charge < -0.3 is 14.2 Å². The Labute approximate surface area is 510 Å². The first kappa shape index (κ1) is 77.5. The first-order chi connectivity index (χ1) is 41.0. The summed E-state index contributed by atoms with van der Waals surface area (Å²) in [4.78, 5) is 38.3. The minimum absolute atomic E-state index is 0.118. The van der Waals surface area contributed by atoms with Gasteiger partial charge in [-0.3, -0.25) is 14.4 Å². The van der Waals surface area contributed by atoms with Gasteiger partial charge in [-0.05, 0) is 148 Å². The third-order valence-corrected chi connectivity index (χ3v) is 13.4. The van der Waals surface area contributed by atoms with E-state index in [1.807, 2.05) is 0 Å². The molecule has 0 aliphatic carbocycles. The highest BCUT2D eigenvalue weighted by Crippen LogP contribution is 2.15. The van der Waals surface area contributed by atoms with Gasteiger partial charge in [-0.25, -0.2) is 0 Å². The van der Waals surface area contributed by atoms with E-state index in [0.29, 0.717) is 19.3 Å². The molecule has 6 nitrogen and oxygen atoms in total. The summed E-state index contributed by atoms with van der Waals surface area (Å²) >= 11 is 0. The summed E-state index contributed by atoms with van der Waals surface area (Å²) < 4.78 is 16.8. The number of rotatable bonds is 58. The smallest absolute Gasteiger partial charge is 0.306 e. The Bertz CT molecular complexity index is 1940. The van der Waals surface area contributed by atoms with Crippen molar-refractivity contribution in [2.75, 3.05) is 13.2 Å². The molecule has 6 heteroatoms. The van der Waals surface area contributed by atoms with Gasteiger partial charge in [0.15, 0.2) is 6.10 Å². The molecule has 0 spiro atoms. The summed E-state index contributed by atoms with van der Waals surface area (Å²) in [6, 6.07) is 0. The summed E-state index contributed by atoms with van der Waals surface area (Å²) in [7, 11) is 0. The molecule has 0 bridgehead atoms. The zero-order valence-corrected chi connectivity index (χ0v) is 53.1. The van der Waals surface area contributed by atoms with Crippen LogP contribution in [0.15, 0.2) is 182 Å². The maximum atomic E-state index is 12.9. The molecule has 0 fully saturated rings. The Balaban J connectivity index is 4.29. The van der Waals surface area contributed by atoms with Crippen molar-refractivity contribution < 1.29 is 28.6 Å². The number of hydrogen-bond acceptors (Lipinski definition) is 6. The lowest BCUT2D eigenvalue weighted by Gasteiger charge is -2.18. The van der Waals surface area contributed by atoms with Crippen molar-refractivity contribution in [1.82, 2.24) is 0 Å². The first-order valence-electron chi connectivity index (χ1n) is 33.3. The van der Waals surface area contributed by atoms with Gasteiger partial charge in [-0.15, -0.1) is 0 Å². The van der Waals surface area contributed by atoms with Crippen LogP contribution in [0, 0.1) is 0 Å². The van der Waals surface area contributed by atoms with Crippen LogP contribution in [0.5, 0.6) is 0 Å². The number of esters is 3. The first-order valence-corrected chi connectivity index (χ1v) is 33.3. The van der Waals surface area contributed by atoms with Crippen LogP contribution in [-0.2, 0) is 28.6 Å². The lowest BCUT2D eigenvalue weighted by atomic mass is 10.0. The predicted octanol–water partition coefficient (Wildman–Crippen LogP) is 23.2. The van der Waals surface area contributed by atoms with E-state index in [-0.39, 0.29) is 37.5 Å². The quantitative estimate of drug-likeness (QED) is 0.0261. The molecule has 464 valence electrons. The number of hydrogen-bond donors (Lipinski definition) is 0. The molecule has 1 unspecified atom stereocenters. The monoisotopic (exact) mass is 1140 g/mol. The Morgan fingerprint density at radius 2 is 0.446 bits per heavy atom. The van der Waals surface area contributed by atoms with Crippen molar-refractivity contribution in [2.24, 2.45) is 0 Å². The van der Waals surface area contributed by atoms with Gasteiger partial charge in [0.1, 0.15) is 13.2 Å². The Hall–Kier alpha value is -5.49. The number of carbonyl (C=O) groups excluding carboxylic acids is 3. The molecular formula is C77H120O6. The van der Waals surface area contributed by atoms with Crippen LogP contribution in [0.4, 0.5) is 0 Å². The van der Waals surface area contributed by atoms with Crippen LogP contribution in [0.2, 0.25) is 0 Å². The van der Waals surface area contributed by atoms with Crippen LogP contribution in [0.25, 0.3) is 0 Å². The Kier molecular flexibility index (Phi) is 64.4. The topological polar surface area (TPSA) is 78.9 Å². The SMILES string of the molecule is CC/C=C\C/C=C\C/C=C\C/C=C\C/C=C\C/C=C\C/C=C\CCCCCCCCCCCCCCCC(=O)OCC(COC(=O)CCCCC/C=C\C/C=C\C/C=C\CC)OC(=O)CCC/C=C\C/C=C\C/C=C\C/C=C\C/C=C\CC. The van der Waals surface area contributed by atoms with Gasteiger partial charge in [0.05, 0.1) is 0 Å². The van der Waals surface area contributed by atoms with Crippen molar-refractivity contribution >= 4 is 17.9 Å². The fourth-order valence-electron chi connectivity index (χ4n) is 8.53. The van der Waals surface area contributed by atoms with Gasteiger partial charge in [0, 0.05) is 19.3 Å². The van der Waals surface area contributed by atoms with E-state index in [2.05, 4.69) is 203 Å². The van der Waals surface area contributed by atoms with E-state index in [9.17, 15) is 14.4 Å². The molecule has 0 saturated carbocycles. The second-order valence-corrected chi connectivity index (χ2v) is 21.2. The highest BCUT2D eigenvalue weighted by atomic mass is 16.6. The molecule has 0 aliphatic rings. The van der Waals surface area contributed by atoms with Crippen molar-refractivity contribution in [1.29, 1.82) is 0 Å². The van der Waals surface area contributed by atoms with Gasteiger partial charge in [-0.1, -0.05) is 280 Å². The zero-order chi connectivity index (χ0) is 59.9. The van der Waals surface area contributed by atoms with Crippen LogP contribution in [0.1, 0.15) is 265 Å². The van der Waals surface area contributed by atoms with Gasteiger partial charge in [-0.2, -0.15) is 0 Å². The minimum atomic E-state index is -0.830. The molecule has 0 aromatic rings. The Morgan fingerprint density at radius 1 is 0.241 bits per heavy atom. The highest BCUT2D eigenvalue weighted by molar-refractivity contribution is 5.71. The largest absolute Gasteiger partial charge is 0.462 e. The van der Waals surface area contributed by atoms with Crippen molar-refractivity contribution in [3.05, 3.63) is 182 Å². The second-order valence-electron chi connectivity index (χ2n) is 21.2. The summed E-state index contributed by atoms with van der Waals surface area (Å²) in [6.07, 6.45) is 104. The van der Waals surface area contributed by atoms with Gasteiger partial charge in [0.2, 0.25) is 0 Å². The summed E-state index contributed by atoms with van der Waals surface area (Å²) in [5.41, 5.74) is 0. The van der Waals surface area contributed by atoms with E-state index in [4.69, 9.17) is 14.2 Å². The average Bonchev–Trinajstić information content (AvgIpc) is 3.49. The number of carbonyl (C=O) groups is 3. The molecule has 0 saturated heterocycles. The molecule has 0 aromatic heterocycles. The molecule has 0 rings (SSSR count). The van der Waals surface area contributed by atoms with Crippen LogP contribution >= 0.6 is 0 Å². The average molecular weight is 1140 g/mol. The highest BCUT2D eigenvalue weighted by Gasteiger charge is 2.19. The molecule has 0 amide bonds. The zero-order valence-electron chi connectivity index (χ0n) is 53.1. The second kappa shape index (κ2) is 69.0. The van der Waals surface area contributed by atoms with E-state index >= 15 is 0 Å². The van der Waals surface area contributed by atoms with Gasteiger partial charge >= 0.3 is 17.9 Å². The molecule has 0 N–H and O–H groups in total. The molecular weight excluding hydrogens is 1020 g/mol. The third kappa shape index (κ3) is 67.2. The van der Waals surface area contributed by atoms with Crippen molar-refractivity contribution in [3.8, 4) is 0 Å². The standard InChI is InChI=1S/C77H120O6/c1-4-7-10-13-16-19-22-25-27-29-30-31-32-33-34-35-36-37-38-39-40-41-42-43-44-45-46-48-49-52-55-58-61-64-67-70-76(79)82-73-74(72-81-75(78)69-66-63-60-57-54-51-24-21-18-15-12-9-6-3)83-77(80)71-68-65-62-59-56-53-50-47-28-26-23-20-17-14-11-8-5-2/h7-12,16-21,25-28,30-31,33-34,36-37,39-40,50-51,53-54,59,62,74H,4-6,13-15,22-24,29,32,35,38,41-49,52,55-58,60-61,63-73H2,1-3H3/b10-7-,11-8-,12-9-,19-16-,20-17-,21-18-,27-25-,28-26-,31-30-,34-33-,37-36-,40-39-,53-50-,54-51-,62-59-. The number of allylic oxidation sites excluding steroid dienone is 30. The van der Waals surface area contributed by atoms with E-state index in [1.165, 1.54) is 70.6 Å². The van der Waals surface area contributed by atoms with Crippen molar-refractivity contribution in [3.63, 3.8) is 0 Å². The molecule has 1 atom stereocenters. The van der Waals surface area contributed by atoms with Crippen LogP contribution < -0.4 is 0 Å². The van der Waals surface area contributed by atoms with Gasteiger partial charge in [0.25, 0.3) is 0 Å². The molecule has 0 radical (unpaired) electrons. The van der Waals surface area contributed by atoms with Crippen LogP contribution in [0.3, 0.4) is 0 Å². The molecule has 0 aliphatic heterocycles. The van der Waals surface area contributed by atoms with E-state index in [0.717, 1.165) is 148 Å². The minimum Gasteiger partial charge on any atom is -0.462 e. The maximum absolute atomic E-state index is 12.9. The lowest BCUT2D eigenvalue weighted by Crippen LogP contribution is -2.30. The van der Waals surface area contributed by atoms with E-state index < -0.39 is 6.10 Å². The number of ether oxygens (including phenoxy) is 3. The molecule has 0 aromatic carbocycles. The maximum Gasteiger partial charge on any atom is 0.306 e. The Morgan fingerprint density at radius 3 is 0.723 bits per heavy atom. The summed E-state index contributed by atoms with van der Waals surface area (Å²) in [5.74, 6) is -1.01. The summed E-state index contributed by atoms with van der Waals surface area (Å²) in [6.45, 7) is 6.21. The summed E-state index contributed by atoms with van der Waals surface area (Å²) in [5, 5.41) is 0. The van der Waals surface area contributed by atoms with E-state index in [1.54, 1.807) is 0 Å². The molecule has 0 heterocycles. The van der Waals surface area contributed by atoms with Crippen molar-refractivity contribution in [2.45, 2.75) is 271 Å². The molecule has 83 heavy (non-hydrogen) atoms. The fraction of sp³-hybridized carbons (Fsp3) is 0.571. The lowest BCUT2D eigenvalue weighted by molar-refractivity contribution is -0.167. The normalized spacial score (nSPS) is 13.3. The number of unbranched alkanes of at least 4 members (excludes halogenated alkanes) is 17. The van der Waals surface area contributed by atoms with Crippen LogP contribution in [-0.4, -0.2) is 37.2 Å².